The Morgan fingerprint density at radius 2 is 2.17 bits per heavy atom. The molecule has 0 aromatic rings. The maximum Gasteiger partial charge on any atom is 0.341 e. The van der Waals surface area contributed by atoms with Crippen LogP contribution >= 0.6 is 11.6 Å². The maximum absolute atomic E-state index is 10.9. The van der Waals surface area contributed by atoms with Crippen molar-refractivity contribution in [2.75, 3.05) is 6.61 Å². The van der Waals surface area contributed by atoms with Crippen molar-refractivity contribution >= 4 is 17.6 Å². The predicted molar refractivity (Wildman–Crippen MR) is 48.9 cm³/mol. The summed E-state index contributed by atoms with van der Waals surface area (Å²) in [6.07, 6.45) is 3.02. The van der Waals surface area contributed by atoms with Crippen molar-refractivity contribution in [1.29, 1.82) is 0 Å². The minimum atomic E-state index is -1.38. The van der Waals surface area contributed by atoms with Gasteiger partial charge in [-0.3, -0.25) is 0 Å². The van der Waals surface area contributed by atoms with Crippen LogP contribution in [0.2, 0.25) is 0 Å². The fourth-order valence-electron chi connectivity index (χ4n) is 0.658. The minimum Gasteiger partial charge on any atom is -0.463 e. The molecule has 0 aliphatic heterocycles. The van der Waals surface area contributed by atoms with Gasteiger partial charge in [0.25, 0.3) is 0 Å². The van der Waals surface area contributed by atoms with E-state index in [4.69, 9.17) is 22.1 Å². The van der Waals surface area contributed by atoms with Crippen LogP contribution in [0.15, 0.2) is 0 Å². The first-order valence-corrected chi connectivity index (χ1v) is 4.51. The molecular weight excluding hydrogens is 178 g/mol. The molecule has 12 heavy (non-hydrogen) atoms. The molecule has 0 rings (SSSR count). The Hall–Kier alpha value is -0.280. The van der Waals surface area contributed by atoms with Gasteiger partial charge in [-0.2, -0.15) is 0 Å². The van der Waals surface area contributed by atoms with Crippen molar-refractivity contribution in [2.24, 2.45) is 5.73 Å². The lowest BCUT2D eigenvalue weighted by Crippen LogP contribution is -2.40. The second-order valence-electron chi connectivity index (χ2n) is 2.92. The van der Waals surface area contributed by atoms with Gasteiger partial charge in [0.05, 0.1) is 6.61 Å². The number of nitrogens with two attached hydrogens (primary N) is 1. The molecule has 4 heteroatoms. The van der Waals surface area contributed by atoms with E-state index in [-0.39, 0.29) is 0 Å². The number of unbranched alkanes of at least 4 members (excludes halogenated alkanes) is 2. The summed E-state index contributed by atoms with van der Waals surface area (Å²) >= 11 is 5.50. The number of esters is 1. The minimum absolute atomic E-state index is 0.409. The van der Waals surface area contributed by atoms with Gasteiger partial charge >= 0.3 is 5.97 Å². The van der Waals surface area contributed by atoms with Gasteiger partial charge in [0, 0.05) is 0 Å². The van der Waals surface area contributed by atoms with E-state index in [9.17, 15) is 4.79 Å². The smallest absolute Gasteiger partial charge is 0.341 e. The number of ether oxygens (including phenoxy) is 1. The largest absolute Gasteiger partial charge is 0.463 e. The van der Waals surface area contributed by atoms with Crippen molar-refractivity contribution in [3.8, 4) is 0 Å². The Labute approximate surface area is 78.2 Å². The predicted octanol–water partition coefficient (Wildman–Crippen LogP) is 1.63. The fraction of sp³-hybridized carbons (Fsp3) is 0.875. The molecule has 0 aromatic heterocycles. The highest BCUT2D eigenvalue weighted by atomic mass is 35.5. The zero-order chi connectivity index (χ0) is 9.61. The molecule has 0 saturated carbocycles. The van der Waals surface area contributed by atoms with Crippen molar-refractivity contribution < 1.29 is 9.53 Å². The van der Waals surface area contributed by atoms with Gasteiger partial charge in [-0.1, -0.05) is 31.4 Å². The highest BCUT2D eigenvalue weighted by molar-refractivity contribution is 6.33. The van der Waals surface area contributed by atoms with Crippen LogP contribution in [0.5, 0.6) is 0 Å². The summed E-state index contributed by atoms with van der Waals surface area (Å²) in [5.41, 5.74) is 5.28. The molecule has 0 fully saturated rings. The summed E-state index contributed by atoms with van der Waals surface area (Å²) in [5.74, 6) is -0.555. The van der Waals surface area contributed by atoms with Gasteiger partial charge in [0.1, 0.15) is 0 Å². The van der Waals surface area contributed by atoms with E-state index in [1.165, 1.54) is 6.92 Å². The molecule has 0 spiro atoms. The zero-order valence-corrected chi connectivity index (χ0v) is 8.36. The first kappa shape index (κ1) is 11.7. The van der Waals surface area contributed by atoms with Crippen LogP contribution in [0.25, 0.3) is 0 Å². The third kappa shape index (κ3) is 5.38. The first-order valence-electron chi connectivity index (χ1n) is 4.13. The summed E-state index contributed by atoms with van der Waals surface area (Å²) in [6.45, 7) is 3.90. The van der Waals surface area contributed by atoms with Crippen LogP contribution in [0.3, 0.4) is 0 Å². The van der Waals surface area contributed by atoms with Crippen LogP contribution in [-0.4, -0.2) is 17.6 Å². The molecule has 1 unspecified atom stereocenters. The van der Waals surface area contributed by atoms with Gasteiger partial charge in [-0.05, 0) is 13.3 Å². The van der Waals surface area contributed by atoms with Gasteiger partial charge < -0.3 is 10.5 Å². The number of rotatable bonds is 5. The Kier molecular flexibility index (Phi) is 5.25. The number of alkyl halides is 1. The lowest BCUT2D eigenvalue weighted by molar-refractivity contribution is -0.146. The van der Waals surface area contributed by atoms with Crippen LogP contribution < -0.4 is 5.73 Å². The first-order chi connectivity index (χ1) is 5.48. The van der Waals surface area contributed by atoms with Crippen molar-refractivity contribution in [1.82, 2.24) is 0 Å². The van der Waals surface area contributed by atoms with Gasteiger partial charge in [0.2, 0.25) is 0 Å². The normalized spacial score (nSPS) is 15.3. The quantitative estimate of drug-likeness (QED) is 0.313. The Bertz CT molecular complexity index is 142. The molecule has 1 atom stereocenters. The molecule has 72 valence electrons. The van der Waals surface area contributed by atoms with Crippen LogP contribution in [0.4, 0.5) is 0 Å². The van der Waals surface area contributed by atoms with E-state index < -0.39 is 11.0 Å². The summed E-state index contributed by atoms with van der Waals surface area (Å²) in [5, 5.41) is 0. The molecular formula is C8H16ClNO2. The lowest BCUT2D eigenvalue weighted by atomic mass is 10.3. The molecule has 3 nitrogen and oxygen atoms in total. The molecule has 0 heterocycles. The second-order valence-corrected chi connectivity index (χ2v) is 3.70. The highest BCUT2D eigenvalue weighted by Gasteiger charge is 2.26. The van der Waals surface area contributed by atoms with Gasteiger partial charge in [0.15, 0.2) is 5.00 Å². The topological polar surface area (TPSA) is 52.3 Å². The molecule has 0 saturated heterocycles. The van der Waals surface area contributed by atoms with E-state index in [1.54, 1.807) is 0 Å². The molecule has 0 aromatic carbocycles. The lowest BCUT2D eigenvalue weighted by Gasteiger charge is -2.13. The molecule has 2 N–H and O–H groups in total. The zero-order valence-electron chi connectivity index (χ0n) is 7.60. The highest BCUT2D eigenvalue weighted by Crippen LogP contribution is 2.08. The number of hydrogen-bond acceptors (Lipinski definition) is 3. The van der Waals surface area contributed by atoms with E-state index in [0.29, 0.717) is 6.61 Å². The molecule has 0 amide bonds. The Balaban J connectivity index is 3.45. The SMILES string of the molecule is CCCCCOC(=O)C(C)(N)Cl. The average molecular weight is 194 g/mol. The maximum atomic E-state index is 10.9. The summed E-state index contributed by atoms with van der Waals surface area (Å²) in [7, 11) is 0. The molecule has 0 aliphatic rings. The van der Waals surface area contributed by atoms with E-state index in [0.717, 1.165) is 19.3 Å². The number of carbonyl (C=O) groups is 1. The Morgan fingerprint density at radius 1 is 1.58 bits per heavy atom. The van der Waals surface area contributed by atoms with Crippen molar-refractivity contribution in [3.63, 3.8) is 0 Å². The molecule has 0 aliphatic carbocycles. The summed E-state index contributed by atoms with van der Waals surface area (Å²) in [6, 6.07) is 0. The second kappa shape index (κ2) is 5.38. The van der Waals surface area contributed by atoms with E-state index in [2.05, 4.69) is 6.92 Å². The van der Waals surface area contributed by atoms with E-state index in [1.807, 2.05) is 0 Å². The van der Waals surface area contributed by atoms with Crippen LogP contribution in [0.1, 0.15) is 33.1 Å². The number of hydrogen-bond donors (Lipinski definition) is 1. The average Bonchev–Trinajstić information content (AvgIpc) is 1.96. The number of halogens is 1. The van der Waals surface area contributed by atoms with Crippen LogP contribution in [-0.2, 0) is 9.53 Å². The van der Waals surface area contributed by atoms with Gasteiger partial charge in [-0.25, -0.2) is 4.79 Å². The van der Waals surface area contributed by atoms with E-state index >= 15 is 0 Å². The third-order valence-electron chi connectivity index (χ3n) is 1.38. The molecule has 0 bridgehead atoms. The van der Waals surface area contributed by atoms with Gasteiger partial charge in [-0.15, -0.1) is 0 Å². The standard InChI is InChI=1S/C8H16ClNO2/c1-3-4-5-6-12-7(11)8(2,9)10/h3-6,10H2,1-2H3. The number of carbonyl (C=O) groups excluding carboxylic acids is 1. The summed E-state index contributed by atoms with van der Waals surface area (Å²) < 4.78 is 4.81. The Morgan fingerprint density at radius 3 is 2.58 bits per heavy atom. The monoisotopic (exact) mass is 193 g/mol. The van der Waals surface area contributed by atoms with Crippen molar-refractivity contribution in [2.45, 2.75) is 38.1 Å². The van der Waals surface area contributed by atoms with Crippen molar-refractivity contribution in [3.05, 3.63) is 0 Å². The fourth-order valence-corrected chi connectivity index (χ4v) is 0.713. The third-order valence-corrected chi connectivity index (χ3v) is 1.53. The molecule has 0 radical (unpaired) electrons. The van der Waals surface area contributed by atoms with Crippen LogP contribution in [0, 0.1) is 0 Å². The summed E-state index contributed by atoms with van der Waals surface area (Å²) in [4.78, 5) is 9.57.